The molecule has 0 amide bonds. The third-order valence-electron chi connectivity index (χ3n) is 6.15. The largest absolute Gasteiger partial charge is 0.399 e. The lowest BCUT2D eigenvalue weighted by Gasteiger charge is -2.45. The van der Waals surface area contributed by atoms with Crippen LogP contribution in [0.4, 0.5) is 0 Å². The van der Waals surface area contributed by atoms with E-state index in [0.29, 0.717) is 12.1 Å². The molecule has 2 aromatic rings. The Hall–Kier alpha value is -3.37. The lowest BCUT2D eigenvalue weighted by atomic mass is 9.59. The fourth-order valence-electron chi connectivity index (χ4n) is 4.63. The third kappa shape index (κ3) is 3.19. The molecule has 30 heavy (non-hydrogen) atoms. The van der Waals surface area contributed by atoms with Crippen LogP contribution in [0.1, 0.15) is 16.4 Å². The summed E-state index contributed by atoms with van der Waals surface area (Å²) in [6.07, 6.45) is 2.98. The molecule has 1 aromatic heterocycles. The van der Waals surface area contributed by atoms with Crippen molar-refractivity contribution in [1.82, 2.24) is 4.90 Å². The summed E-state index contributed by atoms with van der Waals surface area (Å²) in [5.74, 6) is -0.523. The first-order valence-corrected chi connectivity index (χ1v) is 10.8. The molecule has 0 unspecified atom stereocenters. The summed E-state index contributed by atoms with van der Waals surface area (Å²) < 4.78 is 0. The molecule has 2 heterocycles. The number of hydrogen-bond acceptors (Lipinski definition) is 6. The minimum absolute atomic E-state index is 0.0913. The van der Waals surface area contributed by atoms with Crippen molar-refractivity contribution in [2.24, 2.45) is 17.1 Å². The lowest BCUT2D eigenvalue weighted by molar-refractivity contribution is 0.210. The Labute approximate surface area is 180 Å². The van der Waals surface area contributed by atoms with Gasteiger partial charge in [-0.05, 0) is 29.0 Å². The molecule has 2 atom stereocenters. The molecule has 148 valence electrons. The van der Waals surface area contributed by atoms with Crippen LogP contribution in [0.15, 0.2) is 70.8 Å². The van der Waals surface area contributed by atoms with E-state index in [0.717, 1.165) is 30.0 Å². The quantitative estimate of drug-likeness (QED) is 0.826. The second-order valence-corrected chi connectivity index (χ2v) is 8.67. The van der Waals surface area contributed by atoms with Gasteiger partial charge >= 0.3 is 0 Å². The van der Waals surface area contributed by atoms with Crippen LogP contribution in [0.25, 0.3) is 0 Å². The van der Waals surface area contributed by atoms with Crippen LogP contribution in [0.3, 0.4) is 0 Å². The number of nitrogens with zero attached hydrogens (tertiary/aromatic N) is 4. The minimum Gasteiger partial charge on any atom is -0.399 e. The number of allylic oxidation sites excluding steroid dienone is 2. The Morgan fingerprint density at radius 2 is 1.87 bits per heavy atom. The normalized spacial score (nSPS) is 22.9. The first-order chi connectivity index (χ1) is 14.6. The van der Waals surface area contributed by atoms with Crippen LogP contribution in [-0.2, 0) is 6.42 Å². The molecule has 0 saturated heterocycles. The van der Waals surface area contributed by atoms with Gasteiger partial charge in [0.1, 0.15) is 6.07 Å². The molecule has 4 rings (SSSR count). The fourth-order valence-corrected chi connectivity index (χ4v) is 5.59. The van der Waals surface area contributed by atoms with Crippen LogP contribution >= 0.6 is 11.3 Å². The van der Waals surface area contributed by atoms with E-state index < -0.39 is 11.3 Å². The standard InChI is InChI=1S/C24H21N5S/c25-13-19-18-9-11-29(10-8-17-5-2-1-3-6-17)14-20(18)22(21-7-4-12-30-21)24(15-26,16-27)23(19)28/h1-7,9,12,20,22H,8,10-11,14,28H2/t20-,22+/m0/s1. The zero-order valence-electron chi connectivity index (χ0n) is 16.5. The van der Waals surface area contributed by atoms with E-state index in [1.165, 1.54) is 16.9 Å². The molecule has 1 aromatic carbocycles. The highest BCUT2D eigenvalue weighted by Crippen LogP contribution is 2.54. The molecule has 5 nitrogen and oxygen atoms in total. The predicted octanol–water partition coefficient (Wildman–Crippen LogP) is 3.72. The van der Waals surface area contributed by atoms with Gasteiger partial charge < -0.3 is 5.73 Å². The average Bonchev–Trinajstić information content (AvgIpc) is 3.32. The zero-order chi connectivity index (χ0) is 21.1. The molecule has 0 saturated carbocycles. The number of benzene rings is 1. The maximum absolute atomic E-state index is 10.1. The highest BCUT2D eigenvalue weighted by atomic mass is 32.1. The first kappa shape index (κ1) is 19.9. The second kappa shape index (κ2) is 8.17. The van der Waals surface area contributed by atoms with Crippen molar-refractivity contribution in [1.29, 1.82) is 15.8 Å². The van der Waals surface area contributed by atoms with Gasteiger partial charge in [0.25, 0.3) is 0 Å². The summed E-state index contributed by atoms with van der Waals surface area (Å²) in [6.45, 7) is 2.28. The lowest BCUT2D eigenvalue weighted by Crippen LogP contribution is -2.48. The number of fused-ring (bicyclic) bond motifs is 1. The van der Waals surface area contributed by atoms with Gasteiger partial charge in [0.15, 0.2) is 5.41 Å². The SMILES string of the molecule is N#CC1=C(N)C(C#N)(C#N)[C@@H](c2cccs2)[C@H]2CN(CCc3ccccc3)CC=C12. The van der Waals surface area contributed by atoms with E-state index in [4.69, 9.17) is 5.73 Å². The molecular weight excluding hydrogens is 390 g/mol. The third-order valence-corrected chi connectivity index (χ3v) is 7.10. The zero-order valence-corrected chi connectivity index (χ0v) is 17.3. The van der Waals surface area contributed by atoms with Gasteiger partial charge in [0.2, 0.25) is 0 Å². The van der Waals surface area contributed by atoms with Crippen LogP contribution in [-0.4, -0.2) is 24.5 Å². The maximum Gasteiger partial charge on any atom is 0.192 e. The molecule has 0 spiro atoms. The van der Waals surface area contributed by atoms with Gasteiger partial charge in [-0.2, -0.15) is 15.8 Å². The number of rotatable bonds is 4. The number of hydrogen-bond donors (Lipinski definition) is 1. The fraction of sp³-hybridized carbons (Fsp3) is 0.292. The predicted molar refractivity (Wildman–Crippen MR) is 116 cm³/mol. The van der Waals surface area contributed by atoms with E-state index >= 15 is 0 Å². The molecule has 1 aliphatic heterocycles. The van der Waals surface area contributed by atoms with E-state index in [2.05, 4.69) is 41.3 Å². The Balaban J connectivity index is 1.73. The molecular formula is C24H21N5S. The maximum atomic E-state index is 10.1. The summed E-state index contributed by atoms with van der Waals surface area (Å²) in [7, 11) is 0. The van der Waals surface area contributed by atoms with Crippen molar-refractivity contribution in [3.8, 4) is 18.2 Å². The first-order valence-electron chi connectivity index (χ1n) is 9.87. The van der Waals surface area contributed by atoms with Crippen LogP contribution in [0.2, 0.25) is 0 Å². The smallest absolute Gasteiger partial charge is 0.192 e. The van der Waals surface area contributed by atoms with Crippen LogP contribution in [0, 0.1) is 45.3 Å². The summed E-state index contributed by atoms with van der Waals surface area (Å²) in [4.78, 5) is 3.29. The number of nitrogens with two attached hydrogens (primary N) is 1. The number of thiophene rings is 1. The molecule has 1 aliphatic carbocycles. The Bertz CT molecular complexity index is 1100. The van der Waals surface area contributed by atoms with E-state index in [1.807, 2.05) is 35.7 Å². The van der Waals surface area contributed by atoms with Gasteiger partial charge in [-0.15, -0.1) is 11.3 Å². The van der Waals surface area contributed by atoms with Gasteiger partial charge in [0.05, 0.1) is 23.4 Å². The van der Waals surface area contributed by atoms with Crippen molar-refractivity contribution < 1.29 is 0 Å². The topological polar surface area (TPSA) is 101 Å². The molecule has 0 fully saturated rings. The summed E-state index contributed by atoms with van der Waals surface area (Å²) in [6, 6.07) is 20.8. The van der Waals surface area contributed by atoms with Crippen molar-refractivity contribution in [3.63, 3.8) is 0 Å². The van der Waals surface area contributed by atoms with E-state index in [9.17, 15) is 15.8 Å². The van der Waals surface area contributed by atoms with Gasteiger partial charge in [0, 0.05) is 36.3 Å². The number of nitriles is 3. The van der Waals surface area contributed by atoms with Gasteiger partial charge in [-0.3, -0.25) is 4.90 Å². The van der Waals surface area contributed by atoms with Gasteiger partial charge in [-0.1, -0.05) is 42.5 Å². The highest BCUT2D eigenvalue weighted by Gasteiger charge is 2.54. The molecule has 2 N–H and O–H groups in total. The van der Waals surface area contributed by atoms with Gasteiger partial charge in [-0.25, -0.2) is 0 Å². The Morgan fingerprint density at radius 3 is 2.50 bits per heavy atom. The van der Waals surface area contributed by atoms with Crippen molar-refractivity contribution in [2.75, 3.05) is 19.6 Å². The van der Waals surface area contributed by atoms with E-state index in [1.54, 1.807) is 0 Å². The monoisotopic (exact) mass is 411 g/mol. The van der Waals surface area contributed by atoms with Crippen LogP contribution < -0.4 is 5.73 Å². The van der Waals surface area contributed by atoms with Crippen molar-refractivity contribution in [3.05, 3.63) is 81.2 Å². The van der Waals surface area contributed by atoms with Crippen LogP contribution in [0.5, 0.6) is 0 Å². The minimum atomic E-state index is -1.54. The molecule has 0 bridgehead atoms. The van der Waals surface area contributed by atoms with Crippen molar-refractivity contribution in [2.45, 2.75) is 12.3 Å². The molecule has 2 aliphatic rings. The average molecular weight is 412 g/mol. The summed E-state index contributed by atoms with van der Waals surface area (Å²) in [5, 5.41) is 31.9. The summed E-state index contributed by atoms with van der Waals surface area (Å²) >= 11 is 1.53. The van der Waals surface area contributed by atoms with E-state index in [-0.39, 0.29) is 11.6 Å². The Morgan fingerprint density at radius 1 is 1.10 bits per heavy atom. The highest BCUT2D eigenvalue weighted by molar-refractivity contribution is 7.10. The molecule has 6 heteroatoms. The second-order valence-electron chi connectivity index (χ2n) is 7.69. The summed E-state index contributed by atoms with van der Waals surface area (Å²) in [5.41, 5.74) is 7.33. The Kier molecular flexibility index (Phi) is 5.42. The molecule has 0 radical (unpaired) electrons. The van der Waals surface area contributed by atoms with Crippen molar-refractivity contribution >= 4 is 11.3 Å².